The van der Waals surface area contributed by atoms with E-state index in [1.807, 2.05) is 6.08 Å². The minimum absolute atomic E-state index is 0.148. The lowest BCUT2D eigenvalue weighted by Gasteiger charge is -2.01. The summed E-state index contributed by atoms with van der Waals surface area (Å²) in [6.45, 7) is 2.25. The summed E-state index contributed by atoms with van der Waals surface area (Å²) in [6, 6.07) is 0. The lowest BCUT2D eigenvalue weighted by atomic mass is 10.1. The van der Waals surface area contributed by atoms with Crippen LogP contribution < -0.4 is 0 Å². The van der Waals surface area contributed by atoms with Crippen LogP contribution in [0.4, 0.5) is 0 Å². The lowest BCUT2D eigenvalue weighted by molar-refractivity contribution is -0.142. The number of esters is 1. The predicted molar refractivity (Wildman–Crippen MR) is 91.9 cm³/mol. The van der Waals surface area contributed by atoms with Gasteiger partial charge >= 0.3 is 5.97 Å². The van der Waals surface area contributed by atoms with Crippen molar-refractivity contribution in [2.24, 2.45) is 0 Å². The zero-order chi connectivity index (χ0) is 16.5. The Morgan fingerprint density at radius 1 is 0.818 bits per heavy atom. The minimum atomic E-state index is -0.468. The molecule has 0 amide bonds. The Balaban J connectivity index is 3.26. The van der Waals surface area contributed by atoms with E-state index in [2.05, 4.69) is 11.7 Å². The van der Waals surface area contributed by atoms with Crippen LogP contribution in [0.25, 0.3) is 0 Å². The highest BCUT2D eigenvalue weighted by Crippen LogP contribution is 2.12. The predicted octanol–water partition coefficient (Wildman–Crippen LogP) is 5.38. The van der Waals surface area contributed by atoms with Crippen molar-refractivity contribution < 1.29 is 14.3 Å². The third-order valence-electron chi connectivity index (χ3n) is 3.82. The number of allylic oxidation sites excluding steroid dienone is 2. The summed E-state index contributed by atoms with van der Waals surface area (Å²) in [4.78, 5) is 22.2. The fourth-order valence-corrected chi connectivity index (χ4v) is 2.41. The second-order valence-corrected chi connectivity index (χ2v) is 5.95. The first-order valence-corrected chi connectivity index (χ1v) is 8.97. The molecule has 0 unspecified atom stereocenters. The number of hydrogen-bond donors (Lipinski definition) is 0. The van der Waals surface area contributed by atoms with Crippen LogP contribution in [0.15, 0.2) is 12.2 Å². The fourth-order valence-electron chi connectivity index (χ4n) is 2.41. The SMILES string of the molecule is CCCCCCCCCCCCC/C=C/C(=O)CC(=O)OC. The van der Waals surface area contributed by atoms with Crippen LogP contribution in [0.2, 0.25) is 0 Å². The summed E-state index contributed by atoms with van der Waals surface area (Å²) in [5.74, 6) is -0.640. The Hall–Kier alpha value is -1.12. The van der Waals surface area contributed by atoms with E-state index >= 15 is 0 Å². The summed E-state index contributed by atoms with van der Waals surface area (Å²) in [7, 11) is 1.30. The first-order valence-electron chi connectivity index (χ1n) is 8.97. The molecule has 0 bridgehead atoms. The molecule has 128 valence electrons. The quantitative estimate of drug-likeness (QED) is 0.177. The molecule has 0 N–H and O–H groups in total. The molecule has 0 atom stereocenters. The molecule has 0 aromatic heterocycles. The average molecular weight is 310 g/mol. The molecule has 0 aromatic rings. The van der Waals surface area contributed by atoms with Crippen molar-refractivity contribution in [1.82, 2.24) is 0 Å². The number of carbonyl (C=O) groups excluding carboxylic acids is 2. The summed E-state index contributed by atoms with van der Waals surface area (Å²) in [5.41, 5.74) is 0. The highest BCUT2D eigenvalue weighted by Gasteiger charge is 2.05. The van der Waals surface area contributed by atoms with Gasteiger partial charge in [0.2, 0.25) is 0 Å². The van der Waals surface area contributed by atoms with E-state index in [1.165, 1.54) is 77.4 Å². The molecule has 0 rings (SSSR count). The average Bonchev–Trinajstić information content (AvgIpc) is 2.51. The number of ketones is 1. The van der Waals surface area contributed by atoms with Gasteiger partial charge in [0.25, 0.3) is 0 Å². The fraction of sp³-hybridized carbons (Fsp3) is 0.789. The van der Waals surface area contributed by atoms with E-state index in [0.717, 1.165) is 12.8 Å². The van der Waals surface area contributed by atoms with Crippen LogP contribution in [0.3, 0.4) is 0 Å². The first kappa shape index (κ1) is 20.9. The second-order valence-electron chi connectivity index (χ2n) is 5.95. The number of unbranched alkanes of at least 4 members (excludes halogenated alkanes) is 11. The van der Waals surface area contributed by atoms with Gasteiger partial charge in [-0.1, -0.05) is 77.2 Å². The molecule has 0 radical (unpaired) electrons. The standard InChI is InChI=1S/C19H34O3/c1-3-4-5-6-7-8-9-10-11-12-13-14-15-16-18(20)17-19(21)22-2/h15-16H,3-14,17H2,1-2H3/b16-15+. The van der Waals surface area contributed by atoms with Crippen molar-refractivity contribution in [3.8, 4) is 0 Å². The molecular weight excluding hydrogens is 276 g/mol. The van der Waals surface area contributed by atoms with E-state index in [0.29, 0.717) is 0 Å². The molecule has 0 aliphatic heterocycles. The molecule has 0 aromatic carbocycles. The van der Waals surface area contributed by atoms with Gasteiger partial charge in [0.05, 0.1) is 7.11 Å². The topological polar surface area (TPSA) is 43.4 Å². The van der Waals surface area contributed by atoms with E-state index in [1.54, 1.807) is 0 Å². The maximum atomic E-state index is 11.3. The largest absolute Gasteiger partial charge is 0.469 e. The molecule has 22 heavy (non-hydrogen) atoms. The van der Waals surface area contributed by atoms with Crippen molar-refractivity contribution >= 4 is 11.8 Å². The van der Waals surface area contributed by atoms with E-state index in [-0.39, 0.29) is 12.2 Å². The summed E-state index contributed by atoms with van der Waals surface area (Å²) in [5, 5.41) is 0. The molecule has 0 heterocycles. The Labute approximate surface area is 136 Å². The molecule has 0 spiro atoms. The van der Waals surface area contributed by atoms with Crippen LogP contribution in [0.1, 0.15) is 90.4 Å². The molecule has 0 aliphatic rings. The van der Waals surface area contributed by atoms with Gasteiger partial charge < -0.3 is 4.74 Å². The zero-order valence-electron chi connectivity index (χ0n) is 14.6. The Kier molecular flexibility index (Phi) is 15.4. The molecule has 3 heteroatoms. The van der Waals surface area contributed by atoms with Gasteiger partial charge in [-0.3, -0.25) is 9.59 Å². The number of rotatable bonds is 15. The first-order chi connectivity index (χ1) is 10.7. The molecule has 3 nitrogen and oxygen atoms in total. The highest BCUT2D eigenvalue weighted by atomic mass is 16.5. The maximum Gasteiger partial charge on any atom is 0.313 e. The number of carbonyl (C=O) groups is 2. The normalized spacial score (nSPS) is 11.0. The van der Waals surface area contributed by atoms with E-state index in [9.17, 15) is 9.59 Å². The molecule has 0 aliphatic carbocycles. The number of ether oxygens (including phenoxy) is 1. The van der Waals surface area contributed by atoms with Gasteiger partial charge in [0.1, 0.15) is 6.42 Å². The Bertz CT molecular complexity index is 308. The van der Waals surface area contributed by atoms with Gasteiger partial charge in [-0.05, 0) is 18.9 Å². The maximum absolute atomic E-state index is 11.3. The van der Waals surface area contributed by atoms with Gasteiger partial charge in [-0.25, -0.2) is 0 Å². The molecule has 0 saturated heterocycles. The van der Waals surface area contributed by atoms with Crippen LogP contribution in [-0.2, 0) is 14.3 Å². The van der Waals surface area contributed by atoms with Crippen molar-refractivity contribution in [3.05, 3.63) is 12.2 Å². The summed E-state index contributed by atoms with van der Waals surface area (Å²) < 4.78 is 4.45. The van der Waals surface area contributed by atoms with Crippen LogP contribution in [0.5, 0.6) is 0 Å². The van der Waals surface area contributed by atoms with E-state index in [4.69, 9.17) is 0 Å². The third kappa shape index (κ3) is 15.3. The van der Waals surface area contributed by atoms with Crippen molar-refractivity contribution in [2.75, 3.05) is 7.11 Å². The monoisotopic (exact) mass is 310 g/mol. The lowest BCUT2D eigenvalue weighted by Crippen LogP contribution is -2.06. The second kappa shape index (κ2) is 16.3. The molecular formula is C19H34O3. The van der Waals surface area contributed by atoms with Crippen LogP contribution in [-0.4, -0.2) is 18.9 Å². The smallest absolute Gasteiger partial charge is 0.313 e. The summed E-state index contributed by atoms with van der Waals surface area (Å²) >= 11 is 0. The van der Waals surface area contributed by atoms with E-state index < -0.39 is 5.97 Å². The third-order valence-corrected chi connectivity index (χ3v) is 3.82. The van der Waals surface area contributed by atoms with Crippen molar-refractivity contribution in [3.63, 3.8) is 0 Å². The van der Waals surface area contributed by atoms with Gasteiger partial charge in [0, 0.05) is 0 Å². The highest BCUT2D eigenvalue weighted by molar-refractivity contribution is 6.01. The Morgan fingerprint density at radius 3 is 1.82 bits per heavy atom. The van der Waals surface area contributed by atoms with Crippen LogP contribution >= 0.6 is 0 Å². The van der Waals surface area contributed by atoms with Gasteiger partial charge in [-0.2, -0.15) is 0 Å². The van der Waals surface area contributed by atoms with Crippen LogP contribution in [0, 0.1) is 0 Å². The van der Waals surface area contributed by atoms with Gasteiger partial charge in [-0.15, -0.1) is 0 Å². The number of methoxy groups -OCH3 is 1. The molecule has 0 saturated carbocycles. The van der Waals surface area contributed by atoms with Crippen molar-refractivity contribution in [1.29, 1.82) is 0 Å². The van der Waals surface area contributed by atoms with Crippen molar-refractivity contribution in [2.45, 2.75) is 90.4 Å². The zero-order valence-corrected chi connectivity index (χ0v) is 14.6. The minimum Gasteiger partial charge on any atom is -0.469 e. The Morgan fingerprint density at radius 2 is 1.32 bits per heavy atom. The number of hydrogen-bond acceptors (Lipinski definition) is 3. The summed E-state index contributed by atoms with van der Waals surface area (Å²) in [6.07, 6.45) is 18.8. The molecule has 0 fully saturated rings. The van der Waals surface area contributed by atoms with Gasteiger partial charge in [0.15, 0.2) is 5.78 Å².